The van der Waals surface area contributed by atoms with Crippen LogP contribution < -0.4 is 0 Å². The van der Waals surface area contributed by atoms with Gasteiger partial charge in [0.1, 0.15) is 0 Å². The topological polar surface area (TPSA) is 54.4 Å². The number of carbonyl (C=O) groups is 1. The van der Waals surface area contributed by atoms with Crippen molar-refractivity contribution < 1.29 is 14.7 Å². The lowest BCUT2D eigenvalue weighted by molar-refractivity contribution is -0.135. The van der Waals surface area contributed by atoms with Gasteiger partial charge in [0.15, 0.2) is 0 Å². The molecule has 0 spiro atoms. The van der Waals surface area contributed by atoms with Gasteiger partial charge in [-0.25, -0.2) is 0 Å². The Morgan fingerprint density at radius 3 is 2.75 bits per heavy atom. The summed E-state index contributed by atoms with van der Waals surface area (Å²) in [6.07, 6.45) is 3.58. The summed E-state index contributed by atoms with van der Waals surface area (Å²) < 4.78 is 0. The van der Waals surface area contributed by atoms with Crippen molar-refractivity contribution >= 4 is 12.3 Å². The number of allylic oxidation sites excluding steroid dienone is 1. The first kappa shape index (κ1) is 6.88. The van der Waals surface area contributed by atoms with Gasteiger partial charge in [0.2, 0.25) is 6.29 Å². The molecule has 1 radical (unpaired) electrons. The lowest BCUT2D eigenvalue weighted by Crippen LogP contribution is -1.89. The van der Waals surface area contributed by atoms with Gasteiger partial charge in [-0.2, -0.15) is 0 Å². The minimum absolute atomic E-state index is 0.116. The van der Waals surface area contributed by atoms with Gasteiger partial charge in [0.05, 0.1) is 6.42 Å². The van der Waals surface area contributed by atoms with Crippen LogP contribution in [0.4, 0.5) is 0 Å². The van der Waals surface area contributed by atoms with E-state index < -0.39 is 5.97 Å². The standard InChI is InChI=1S/C5H5O3/c6-4-2-1-3-5(7)8/h1-2H,3H2,(H,7,8). The van der Waals surface area contributed by atoms with E-state index in [1.807, 2.05) is 0 Å². The molecule has 0 aliphatic heterocycles. The van der Waals surface area contributed by atoms with E-state index in [1.54, 1.807) is 0 Å². The molecular formula is C5H5O3. The summed E-state index contributed by atoms with van der Waals surface area (Å²) in [5, 5.41) is 7.96. The molecule has 0 atom stereocenters. The third-order valence-electron chi connectivity index (χ3n) is 0.478. The zero-order valence-corrected chi connectivity index (χ0v) is 4.13. The molecule has 43 valence electrons. The van der Waals surface area contributed by atoms with Crippen molar-refractivity contribution in [3.05, 3.63) is 12.2 Å². The second-order valence-corrected chi connectivity index (χ2v) is 1.12. The Balaban J connectivity index is 3.29. The van der Waals surface area contributed by atoms with Crippen LogP contribution in [0.3, 0.4) is 0 Å². The van der Waals surface area contributed by atoms with Gasteiger partial charge in [-0.05, 0) is 6.08 Å². The quantitative estimate of drug-likeness (QED) is 0.529. The van der Waals surface area contributed by atoms with E-state index in [0.717, 1.165) is 6.08 Å². The van der Waals surface area contributed by atoms with Crippen LogP contribution in [0.2, 0.25) is 0 Å². The van der Waals surface area contributed by atoms with Crippen LogP contribution in [-0.2, 0) is 9.59 Å². The largest absolute Gasteiger partial charge is 0.481 e. The van der Waals surface area contributed by atoms with Crippen LogP contribution in [0, 0.1) is 0 Å². The Kier molecular flexibility index (Phi) is 3.48. The number of hydrogen-bond acceptors (Lipinski definition) is 2. The SMILES string of the molecule is O=[C]C=CCC(=O)O. The Bertz CT molecular complexity index is 115. The molecule has 0 bridgehead atoms. The van der Waals surface area contributed by atoms with Crippen molar-refractivity contribution in [1.82, 2.24) is 0 Å². The number of rotatable bonds is 3. The van der Waals surface area contributed by atoms with Crippen LogP contribution in [0.1, 0.15) is 6.42 Å². The maximum atomic E-state index is 9.69. The van der Waals surface area contributed by atoms with Gasteiger partial charge >= 0.3 is 5.97 Å². The molecule has 0 saturated heterocycles. The minimum atomic E-state index is -0.948. The molecular weight excluding hydrogens is 108 g/mol. The monoisotopic (exact) mass is 113 g/mol. The molecule has 0 fully saturated rings. The molecule has 1 N–H and O–H groups in total. The summed E-state index contributed by atoms with van der Waals surface area (Å²) in [5.41, 5.74) is 0. The fraction of sp³-hybridized carbons (Fsp3) is 0.200. The van der Waals surface area contributed by atoms with E-state index in [1.165, 1.54) is 12.4 Å². The van der Waals surface area contributed by atoms with Crippen LogP contribution in [0.15, 0.2) is 12.2 Å². The van der Waals surface area contributed by atoms with Crippen LogP contribution in [-0.4, -0.2) is 17.4 Å². The zero-order valence-electron chi connectivity index (χ0n) is 4.13. The fourth-order valence-electron chi connectivity index (χ4n) is 0.208. The fourth-order valence-corrected chi connectivity index (χ4v) is 0.208. The highest BCUT2D eigenvalue weighted by Crippen LogP contribution is 1.78. The highest BCUT2D eigenvalue weighted by Gasteiger charge is 1.86. The average molecular weight is 113 g/mol. The molecule has 0 aliphatic carbocycles. The lowest BCUT2D eigenvalue weighted by atomic mass is 10.4. The Labute approximate surface area is 46.6 Å². The second kappa shape index (κ2) is 4.05. The van der Waals surface area contributed by atoms with Crippen molar-refractivity contribution in [2.75, 3.05) is 0 Å². The smallest absolute Gasteiger partial charge is 0.307 e. The van der Waals surface area contributed by atoms with Gasteiger partial charge in [-0.1, -0.05) is 6.08 Å². The lowest BCUT2D eigenvalue weighted by Gasteiger charge is -1.77. The first-order chi connectivity index (χ1) is 3.77. The molecule has 0 aromatic rings. The molecule has 0 aromatic carbocycles. The summed E-state index contributed by atoms with van der Waals surface area (Å²) in [6, 6.07) is 0. The highest BCUT2D eigenvalue weighted by atomic mass is 16.4. The predicted molar refractivity (Wildman–Crippen MR) is 27.1 cm³/mol. The Hall–Kier alpha value is -1.12. The van der Waals surface area contributed by atoms with Gasteiger partial charge < -0.3 is 5.11 Å². The van der Waals surface area contributed by atoms with Crippen LogP contribution in [0.25, 0.3) is 0 Å². The van der Waals surface area contributed by atoms with Crippen LogP contribution in [0.5, 0.6) is 0 Å². The number of carboxylic acids is 1. The zero-order chi connectivity index (χ0) is 6.41. The van der Waals surface area contributed by atoms with Gasteiger partial charge in [-0.3, -0.25) is 9.59 Å². The summed E-state index contributed by atoms with van der Waals surface area (Å²) in [5.74, 6) is -0.948. The van der Waals surface area contributed by atoms with E-state index >= 15 is 0 Å². The third kappa shape index (κ3) is 4.88. The van der Waals surface area contributed by atoms with Gasteiger partial charge in [0, 0.05) is 0 Å². The van der Waals surface area contributed by atoms with Crippen molar-refractivity contribution in [2.24, 2.45) is 0 Å². The summed E-state index contributed by atoms with van der Waals surface area (Å²) in [6.45, 7) is 0. The predicted octanol–water partition coefficient (Wildman–Crippen LogP) is 0.127. The van der Waals surface area contributed by atoms with Crippen molar-refractivity contribution in [2.45, 2.75) is 6.42 Å². The van der Waals surface area contributed by atoms with Crippen molar-refractivity contribution in [1.29, 1.82) is 0 Å². The molecule has 0 aliphatic rings. The molecule has 0 unspecified atom stereocenters. The first-order valence-electron chi connectivity index (χ1n) is 2.02. The summed E-state index contributed by atoms with van der Waals surface area (Å²) >= 11 is 0. The number of hydrogen-bond donors (Lipinski definition) is 1. The van der Waals surface area contributed by atoms with Gasteiger partial charge in [-0.15, -0.1) is 0 Å². The molecule has 0 heterocycles. The van der Waals surface area contributed by atoms with E-state index in [-0.39, 0.29) is 6.42 Å². The van der Waals surface area contributed by atoms with E-state index in [9.17, 15) is 9.59 Å². The summed E-state index contributed by atoms with van der Waals surface area (Å²) in [4.78, 5) is 19.1. The highest BCUT2D eigenvalue weighted by molar-refractivity contribution is 5.71. The molecule has 3 heteroatoms. The van der Waals surface area contributed by atoms with Crippen molar-refractivity contribution in [3.63, 3.8) is 0 Å². The molecule has 3 nitrogen and oxygen atoms in total. The Morgan fingerprint density at radius 2 is 2.38 bits per heavy atom. The van der Waals surface area contributed by atoms with E-state index in [0.29, 0.717) is 0 Å². The first-order valence-corrected chi connectivity index (χ1v) is 2.02. The van der Waals surface area contributed by atoms with Crippen LogP contribution >= 0.6 is 0 Å². The Morgan fingerprint density at radius 1 is 1.75 bits per heavy atom. The third-order valence-corrected chi connectivity index (χ3v) is 0.478. The average Bonchev–Trinajstić information content (AvgIpc) is 1.66. The molecule has 0 amide bonds. The molecule has 0 saturated carbocycles. The van der Waals surface area contributed by atoms with E-state index in [2.05, 4.69) is 0 Å². The molecule has 0 rings (SSSR count). The summed E-state index contributed by atoms with van der Waals surface area (Å²) in [7, 11) is 0. The number of aliphatic carboxylic acids is 1. The second-order valence-electron chi connectivity index (χ2n) is 1.12. The maximum Gasteiger partial charge on any atom is 0.307 e. The molecule has 0 aromatic heterocycles. The van der Waals surface area contributed by atoms with Crippen molar-refractivity contribution in [3.8, 4) is 0 Å². The number of carboxylic acid groups (broad SMARTS) is 1. The normalized spacial score (nSPS) is 9.50. The van der Waals surface area contributed by atoms with Gasteiger partial charge in [0.25, 0.3) is 0 Å². The maximum absolute atomic E-state index is 9.69. The minimum Gasteiger partial charge on any atom is -0.481 e. The molecule has 8 heavy (non-hydrogen) atoms. The van der Waals surface area contributed by atoms with E-state index in [4.69, 9.17) is 5.11 Å². The number of carbonyl (C=O) groups excluding carboxylic acids is 1.